The molecule has 2 aromatic carbocycles. The Morgan fingerprint density at radius 2 is 1.86 bits per heavy atom. The predicted molar refractivity (Wildman–Crippen MR) is 124 cm³/mol. The Balaban J connectivity index is 0.00000392. The maximum atomic E-state index is 13.6. The molecule has 1 unspecified atom stereocenters. The fourth-order valence-corrected chi connectivity index (χ4v) is 2.75. The van der Waals surface area contributed by atoms with Gasteiger partial charge < -0.3 is 20.3 Å². The first-order valence-corrected chi connectivity index (χ1v) is 9.10. The summed E-state index contributed by atoms with van der Waals surface area (Å²) >= 11 is 0. The Morgan fingerprint density at radius 1 is 1.14 bits per heavy atom. The molecule has 0 saturated heterocycles. The minimum atomic E-state index is -0.223. The molecule has 0 aromatic heterocycles. The summed E-state index contributed by atoms with van der Waals surface area (Å²) in [6.45, 7) is 3.97. The van der Waals surface area contributed by atoms with E-state index in [4.69, 9.17) is 4.74 Å². The lowest BCUT2D eigenvalue weighted by atomic mass is 10.1. The second-order valence-corrected chi connectivity index (χ2v) is 6.46. The van der Waals surface area contributed by atoms with Crippen molar-refractivity contribution in [2.45, 2.75) is 19.5 Å². The summed E-state index contributed by atoms with van der Waals surface area (Å²) in [7, 11) is 5.62. The minimum Gasteiger partial charge on any atom is -0.497 e. The van der Waals surface area contributed by atoms with Gasteiger partial charge in [0.15, 0.2) is 5.96 Å². The highest BCUT2D eigenvalue weighted by atomic mass is 127. The zero-order valence-corrected chi connectivity index (χ0v) is 19.2. The highest BCUT2D eigenvalue weighted by molar-refractivity contribution is 14.0. The van der Waals surface area contributed by atoms with Crippen LogP contribution in [0.2, 0.25) is 0 Å². The number of guanidine groups is 1. The standard InChI is InChI=1S/C21H29FN4O.HI/c1-5-23-21(24-14-16-9-11-19(27-4)12-10-16)25-15-20(26(2)3)17-7-6-8-18(22)13-17;/h6-13,20H,5,14-15H2,1-4H3,(H2,23,24,25);1H. The largest absolute Gasteiger partial charge is 0.497 e. The number of likely N-dealkylation sites (N-methyl/N-ethyl adjacent to an activating group) is 1. The smallest absolute Gasteiger partial charge is 0.191 e. The highest BCUT2D eigenvalue weighted by Crippen LogP contribution is 2.18. The van der Waals surface area contributed by atoms with E-state index in [1.807, 2.05) is 51.4 Å². The number of hydrogen-bond donors (Lipinski definition) is 2. The number of benzene rings is 2. The first-order chi connectivity index (χ1) is 13.0. The van der Waals surface area contributed by atoms with Crippen LogP contribution in [0.3, 0.4) is 0 Å². The van der Waals surface area contributed by atoms with Crippen molar-refractivity contribution in [2.75, 3.05) is 34.3 Å². The molecule has 0 amide bonds. The lowest BCUT2D eigenvalue weighted by Gasteiger charge is -2.26. The van der Waals surface area contributed by atoms with Crippen molar-refractivity contribution in [3.63, 3.8) is 0 Å². The third-order valence-electron chi connectivity index (χ3n) is 4.24. The van der Waals surface area contributed by atoms with Crippen LogP contribution in [-0.4, -0.2) is 45.2 Å². The van der Waals surface area contributed by atoms with Crippen LogP contribution in [0.5, 0.6) is 5.75 Å². The van der Waals surface area contributed by atoms with Crippen LogP contribution in [0.4, 0.5) is 4.39 Å². The van der Waals surface area contributed by atoms with E-state index in [9.17, 15) is 4.39 Å². The molecule has 5 nitrogen and oxygen atoms in total. The topological polar surface area (TPSA) is 48.9 Å². The number of ether oxygens (including phenoxy) is 1. The van der Waals surface area contributed by atoms with Crippen molar-refractivity contribution >= 4 is 29.9 Å². The summed E-state index contributed by atoms with van der Waals surface area (Å²) < 4.78 is 18.8. The van der Waals surface area contributed by atoms with Gasteiger partial charge in [-0.2, -0.15) is 0 Å². The molecule has 0 saturated carbocycles. The lowest BCUT2D eigenvalue weighted by molar-refractivity contribution is 0.297. The molecule has 7 heteroatoms. The fourth-order valence-electron chi connectivity index (χ4n) is 2.75. The number of aliphatic imine (C=N–C) groups is 1. The van der Waals surface area contributed by atoms with Crippen molar-refractivity contribution in [1.29, 1.82) is 0 Å². The quantitative estimate of drug-likeness (QED) is 0.329. The molecule has 0 radical (unpaired) electrons. The van der Waals surface area contributed by atoms with Crippen molar-refractivity contribution in [3.05, 3.63) is 65.5 Å². The van der Waals surface area contributed by atoms with Crippen LogP contribution < -0.4 is 15.4 Å². The number of halogens is 2. The van der Waals surface area contributed by atoms with Gasteiger partial charge in [-0.05, 0) is 56.4 Å². The average molecular weight is 500 g/mol. The monoisotopic (exact) mass is 500 g/mol. The van der Waals surface area contributed by atoms with Gasteiger partial charge in [-0.15, -0.1) is 24.0 Å². The molecule has 0 fully saturated rings. The Hall–Kier alpha value is -1.87. The molecule has 1 atom stereocenters. The molecule has 0 spiro atoms. The Kier molecular flexibility index (Phi) is 10.8. The highest BCUT2D eigenvalue weighted by Gasteiger charge is 2.15. The van der Waals surface area contributed by atoms with E-state index in [0.717, 1.165) is 29.4 Å². The van der Waals surface area contributed by atoms with Crippen LogP contribution >= 0.6 is 24.0 Å². The number of hydrogen-bond acceptors (Lipinski definition) is 3. The van der Waals surface area contributed by atoms with Gasteiger partial charge in [0, 0.05) is 13.1 Å². The molecule has 0 aliphatic rings. The fraction of sp³-hybridized carbons (Fsp3) is 0.381. The minimum absolute atomic E-state index is 0. The van der Waals surface area contributed by atoms with E-state index in [1.54, 1.807) is 19.2 Å². The van der Waals surface area contributed by atoms with E-state index in [-0.39, 0.29) is 35.8 Å². The summed E-state index contributed by atoms with van der Waals surface area (Å²) in [5.41, 5.74) is 2.03. The van der Waals surface area contributed by atoms with Gasteiger partial charge in [0.2, 0.25) is 0 Å². The molecule has 28 heavy (non-hydrogen) atoms. The van der Waals surface area contributed by atoms with Crippen molar-refractivity contribution in [3.8, 4) is 5.75 Å². The van der Waals surface area contributed by atoms with Gasteiger partial charge in [-0.25, -0.2) is 9.38 Å². The van der Waals surface area contributed by atoms with Crippen LogP contribution in [0, 0.1) is 5.82 Å². The summed E-state index contributed by atoms with van der Waals surface area (Å²) in [6, 6.07) is 14.6. The van der Waals surface area contributed by atoms with E-state index < -0.39 is 0 Å². The second kappa shape index (κ2) is 12.6. The van der Waals surface area contributed by atoms with Gasteiger partial charge in [-0.1, -0.05) is 24.3 Å². The Morgan fingerprint density at radius 3 is 2.43 bits per heavy atom. The van der Waals surface area contributed by atoms with Crippen LogP contribution in [-0.2, 0) is 6.54 Å². The first kappa shape index (κ1) is 24.2. The van der Waals surface area contributed by atoms with Crippen LogP contribution in [0.15, 0.2) is 53.5 Å². The van der Waals surface area contributed by atoms with Crippen LogP contribution in [0.1, 0.15) is 24.1 Å². The Labute approximate surface area is 184 Å². The van der Waals surface area contributed by atoms with Gasteiger partial charge in [0.25, 0.3) is 0 Å². The summed E-state index contributed by atoms with van der Waals surface area (Å²) in [5.74, 6) is 1.34. The van der Waals surface area contributed by atoms with Gasteiger partial charge in [0.05, 0.1) is 19.7 Å². The summed E-state index contributed by atoms with van der Waals surface area (Å²) in [5, 5.41) is 6.62. The van der Waals surface area contributed by atoms with Gasteiger partial charge >= 0.3 is 0 Å². The van der Waals surface area contributed by atoms with Crippen molar-refractivity contribution in [1.82, 2.24) is 15.5 Å². The molecule has 0 aliphatic heterocycles. The number of nitrogens with one attached hydrogen (secondary N) is 2. The predicted octanol–water partition coefficient (Wildman–Crippen LogP) is 3.81. The molecule has 0 aliphatic carbocycles. The third-order valence-corrected chi connectivity index (χ3v) is 4.24. The number of nitrogens with zero attached hydrogens (tertiary/aromatic N) is 2. The van der Waals surface area contributed by atoms with E-state index in [0.29, 0.717) is 13.1 Å². The molecule has 154 valence electrons. The molecule has 0 heterocycles. The van der Waals surface area contributed by atoms with E-state index in [2.05, 4.69) is 20.5 Å². The van der Waals surface area contributed by atoms with E-state index in [1.165, 1.54) is 6.07 Å². The normalized spacial score (nSPS) is 12.3. The molecule has 2 aromatic rings. The van der Waals surface area contributed by atoms with Gasteiger partial charge in [0.1, 0.15) is 11.6 Å². The number of rotatable bonds is 8. The zero-order chi connectivity index (χ0) is 19.6. The number of methoxy groups -OCH3 is 1. The van der Waals surface area contributed by atoms with Crippen LogP contribution in [0.25, 0.3) is 0 Å². The molecule has 2 N–H and O–H groups in total. The maximum absolute atomic E-state index is 13.6. The Bertz CT molecular complexity index is 737. The third kappa shape index (κ3) is 7.63. The SMILES string of the molecule is CCNC(=NCc1ccc(OC)cc1)NCC(c1cccc(F)c1)N(C)C.I. The molecule has 2 rings (SSSR count). The summed E-state index contributed by atoms with van der Waals surface area (Å²) in [6.07, 6.45) is 0. The van der Waals surface area contributed by atoms with E-state index >= 15 is 0 Å². The lowest BCUT2D eigenvalue weighted by Crippen LogP contribution is -2.41. The average Bonchev–Trinajstić information content (AvgIpc) is 2.66. The maximum Gasteiger partial charge on any atom is 0.191 e. The zero-order valence-electron chi connectivity index (χ0n) is 16.9. The van der Waals surface area contributed by atoms with Crippen molar-refractivity contribution < 1.29 is 9.13 Å². The van der Waals surface area contributed by atoms with Crippen molar-refractivity contribution in [2.24, 2.45) is 4.99 Å². The molecular weight excluding hydrogens is 470 g/mol. The summed E-state index contributed by atoms with van der Waals surface area (Å²) in [4.78, 5) is 6.71. The van der Waals surface area contributed by atoms with Gasteiger partial charge in [-0.3, -0.25) is 0 Å². The molecular formula is C21H30FIN4O. The first-order valence-electron chi connectivity index (χ1n) is 9.10. The second-order valence-electron chi connectivity index (χ2n) is 6.46. The molecule has 0 bridgehead atoms.